The molecule has 1 unspecified atom stereocenters. The predicted molar refractivity (Wildman–Crippen MR) is 69.7 cm³/mol. The van der Waals surface area contributed by atoms with Crippen molar-refractivity contribution in [3.63, 3.8) is 0 Å². The lowest BCUT2D eigenvalue weighted by atomic mass is 10.1. The molecule has 1 fully saturated rings. The molecule has 2 rings (SSSR count). The van der Waals surface area contributed by atoms with Crippen LogP contribution in [-0.4, -0.2) is 33.1 Å². The first kappa shape index (κ1) is 13.1. The number of carbonyl (C=O) groups is 1. The highest BCUT2D eigenvalue weighted by atomic mass is 32.2. The zero-order valence-electron chi connectivity index (χ0n) is 10.1. The van der Waals surface area contributed by atoms with E-state index in [1.807, 2.05) is 11.8 Å². The molecule has 0 spiro atoms. The number of aromatic carboxylic acids is 1. The molecule has 0 amide bonds. The molecule has 1 aromatic rings. The number of carboxylic acid groups (broad SMARTS) is 1. The molecule has 4 nitrogen and oxygen atoms in total. The van der Waals surface area contributed by atoms with Gasteiger partial charge in [0.15, 0.2) is 0 Å². The van der Waals surface area contributed by atoms with Gasteiger partial charge in [-0.3, -0.25) is 0 Å². The summed E-state index contributed by atoms with van der Waals surface area (Å²) in [7, 11) is 0. The summed E-state index contributed by atoms with van der Waals surface area (Å²) in [5, 5.41) is 12.0. The largest absolute Gasteiger partial charge is 0.478 e. The van der Waals surface area contributed by atoms with Gasteiger partial charge in [0.25, 0.3) is 0 Å². The number of rotatable bonds is 4. The maximum Gasteiger partial charge on any atom is 0.339 e. The normalized spacial score (nSPS) is 23.0. The maximum atomic E-state index is 13.0. The number of halogens is 1. The highest BCUT2D eigenvalue weighted by molar-refractivity contribution is 8.00. The molecule has 1 aliphatic heterocycles. The Hall–Kier alpha value is -1.30. The van der Waals surface area contributed by atoms with Gasteiger partial charge in [-0.15, -0.1) is 0 Å². The van der Waals surface area contributed by atoms with Gasteiger partial charge in [0, 0.05) is 11.3 Å². The van der Waals surface area contributed by atoms with Gasteiger partial charge >= 0.3 is 5.97 Å². The van der Waals surface area contributed by atoms with Crippen LogP contribution in [0.15, 0.2) is 12.3 Å². The van der Waals surface area contributed by atoms with Crippen LogP contribution >= 0.6 is 11.8 Å². The van der Waals surface area contributed by atoms with E-state index in [9.17, 15) is 9.18 Å². The van der Waals surface area contributed by atoms with Gasteiger partial charge in [-0.05, 0) is 31.6 Å². The molecule has 2 heterocycles. The van der Waals surface area contributed by atoms with Crippen LogP contribution < -0.4 is 5.32 Å². The average molecular weight is 270 g/mol. The first-order valence-electron chi connectivity index (χ1n) is 5.77. The van der Waals surface area contributed by atoms with Gasteiger partial charge in [-0.25, -0.2) is 14.2 Å². The van der Waals surface area contributed by atoms with Crippen molar-refractivity contribution in [1.82, 2.24) is 4.98 Å². The lowest BCUT2D eigenvalue weighted by Crippen LogP contribution is -2.28. The van der Waals surface area contributed by atoms with E-state index in [0.717, 1.165) is 24.4 Å². The van der Waals surface area contributed by atoms with Crippen molar-refractivity contribution in [3.05, 3.63) is 23.6 Å². The average Bonchev–Trinajstić information content (AvgIpc) is 2.75. The van der Waals surface area contributed by atoms with Crippen LogP contribution in [0, 0.1) is 5.82 Å². The Labute approximate surface area is 109 Å². The van der Waals surface area contributed by atoms with Crippen LogP contribution in [-0.2, 0) is 0 Å². The molecular weight excluding hydrogens is 255 g/mol. The second-order valence-electron chi connectivity index (χ2n) is 4.61. The maximum absolute atomic E-state index is 13.0. The standard InChI is InChI=1S/C12H15FN2O2S/c1-12(3-2-4-18-12)7-15-10-9(11(16)17)5-8(13)6-14-10/h5-6H,2-4,7H2,1H3,(H,14,15)(H,16,17). The molecule has 0 aromatic carbocycles. The van der Waals surface area contributed by atoms with Gasteiger partial charge in [-0.1, -0.05) is 0 Å². The van der Waals surface area contributed by atoms with Crippen LogP contribution in [0.3, 0.4) is 0 Å². The Morgan fingerprint density at radius 1 is 1.72 bits per heavy atom. The fourth-order valence-corrected chi connectivity index (χ4v) is 3.23. The number of pyridine rings is 1. The SMILES string of the molecule is CC1(CNc2ncc(F)cc2C(=O)O)CCCS1. The first-order chi connectivity index (χ1) is 8.50. The third kappa shape index (κ3) is 2.93. The molecule has 1 atom stereocenters. The minimum atomic E-state index is -1.17. The van der Waals surface area contributed by atoms with Gasteiger partial charge in [0.1, 0.15) is 17.2 Å². The van der Waals surface area contributed by atoms with Crippen molar-refractivity contribution in [2.24, 2.45) is 0 Å². The summed E-state index contributed by atoms with van der Waals surface area (Å²) in [5.74, 6) is -0.452. The number of nitrogens with one attached hydrogen (secondary N) is 1. The van der Waals surface area contributed by atoms with Crippen LogP contribution in [0.2, 0.25) is 0 Å². The number of thioether (sulfide) groups is 1. The summed E-state index contributed by atoms with van der Waals surface area (Å²) < 4.78 is 13.1. The molecule has 0 saturated carbocycles. The quantitative estimate of drug-likeness (QED) is 0.880. The van der Waals surface area contributed by atoms with E-state index in [4.69, 9.17) is 5.11 Å². The van der Waals surface area contributed by atoms with Crippen molar-refractivity contribution in [3.8, 4) is 0 Å². The molecule has 1 aliphatic rings. The number of anilines is 1. The Kier molecular flexibility index (Phi) is 3.75. The molecule has 18 heavy (non-hydrogen) atoms. The van der Waals surface area contributed by atoms with E-state index in [1.54, 1.807) is 0 Å². The molecule has 0 aliphatic carbocycles. The Bertz CT molecular complexity index is 461. The summed E-state index contributed by atoms with van der Waals surface area (Å²) in [6, 6.07) is 0.988. The number of nitrogens with zero attached hydrogens (tertiary/aromatic N) is 1. The second kappa shape index (κ2) is 5.14. The Morgan fingerprint density at radius 3 is 3.11 bits per heavy atom. The molecule has 98 valence electrons. The van der Waals surface area contributed by atoms with Gasteiger partial charge < -0.3 is 10.4 Å². The molecule has 0 bridgehead atoms. The minimum Gasteiger partial charge on any atom is -0.478 e. The highest BCUT2D eigenvalue weighted by Gasteiger charge is 2.29. The molecule has 6 heteroatoms. The lowest BCUT2D eigenvalue weighted by Gasteiger charge is -2.23. The highest BCUT2D eigenvalue weighted by Crippen LogP contribution is 2.37. The van der Waals surface area contributed by atoms with E-state index < -0.39 is 11.8 Å². The van der Waals surface area contributed by atoms with Gasteiger partial charge in [-0.2, -0.15) is 11.8 Å². The predicted octanol–water partition coefficient (Wildman–Crippen LogP) is 2.62. The lowest BCUT2D eigenvalue weighted by molar-refractivity contribution is 0.0697. The van der Waals surface area contributed by atoms with E-state index in [-0.39, 0.29) is 16.1 Å². The van der Waals surface area contributed by atoms with Gasteiger partial charge in [0.05, 0.1) is 6.20 Å². The fraction of sp³-hybridized carbons (Fsp3) is 0.500. The number of hydrogen-bond donors (Lipinski definition) is 2. The molecule has 0 radical (unpaired) electrons. The smallest absolute Gasteiger partial charge is 0.339 e. The molecule has 1 saturated heterocycles. The topological polar surface area (TPSA) is 62.2 Å². The third-order valence-corrected chi connectivity index (χ3v) is 4.55. The van der Waals surface area contributed by atoms with E-state index in [1.165, 1.54) is 6.42 Å². The van der Waals surface area contributed by atoms with Gasteiger partial charge in [0.2, 0.25) is 0 Å². The monoisotopic (exact) mass is 270 g/mol. The minimum absolute atomic E-state index is 0.103. The van der Waals surface area contributed by atoms with Crippen LogP contribution in [0.1, 0.15) is 30.1 Å². The zero-order chi connectivity index (χ0) is 13.2. The number of hydrogen-bond acceptors (Lipinski definition) is 4. The van der Waals surface area contributed by atoms with E-state index in [2.05, 4.69) is 17.2 Å². The Morgan fingerprint density at radius 2 is 2.50 bits per heavy atom. The number of aromatic nitrogens is 1. The molecule has 1 aromatic heterocycles. The third-order valence-electron chi connectivity index (χ3n) is 3.01. The summed E-state index contributed by atoms with van der Waals surface area (Å²) in [4.78, 5) is 14.8. The molecule has 2 N–H and O–H groups in total. The van der Waals surface area contributed by atoms with E-state index >= 15 is 0 Å². The Balaban J connectivity index is 2.11. The van der Waals surface area contributed by atoms with E-state index in [0.29, 0.717) is 6.54 Å². The van der Waals surface area contributed by atoms with Crippen molar-refractivity contribution in [2.75, 3.05) is 17.6 Å². The second-order valence-corrected chi connectivity index (χ2v) is 6.29. The summed E-state index contributed by atoms with van der Waals surface area (Å²) >= 11 is 1.87. The van der Waals surface area contributed by atoms with Crippen LogP contribution in [0.5, 0.6) is 0 Å². The van der Waals surface area contributed by atoms with Crippen molar-refractivity contribution in [2.45, 2.75) is 24.5 Å². The summed E-state index contributed by atoms with van der Waals surface area (Å²) in [5.41, 5.74) is -0.124. The number of carboxylic acids is 1. The van der Waals surface area contributed by atoms with Crippen LogP contribution in [0.25, 0.3) is 0 Å². The summed E-state index contributed by atoms with van der Waals surface area (Å²) in [6.07, 6.45) is 3.29. The summed E-state index contributed by atoms with van der Waals surface area (Å²) in [6.45, 7) is 2.78. The van der Waals surface area contributed by atoms with Crippen LogP contribution in [0.4, 0.5) is 10.2 Å². The van der Waals surface area contributed by atoms with Crippen molar-refractivity contribution >= 4 is 23.5 Å². The zero-order valence-corrected chi connectivity index (χ0v) is 10.9. The fourth-order valence-electron chi connectivity index (χ4n) is 1.99. The molecular formula is C12H15FN2O2S. The van der Waals surface area contributed by atoms with Crippen molar-refractivity contribution in [1.29, 1.82) is 0 Å². The first-order valence-corrected chi connectivity index (χ1v) is 6.75. The van der Waals surface area contributed by atoms with Crippen molar-refractivity contribution < 1.29 is 14.3 Å².